The molecule has 7 heteroatoms. The number of carbonyl (C=O) groups excluding carboxylic acids is 1. The van der Waals surface area contributed by atoms with E-state index < -0.39 is 35.1 Å². The van der Waals surface area contributed by atoms with Crippen LogP contribution in [0.5, 0.6) is 11.5 Å². The molecule has 1 spiro atoms. The molecule has 1 saturated heterocycles. The van der Waals surface area contributed by atoms with E-state index in [-0.39, 0.29) is 19.1 Å². The second kappa shape index (κ2) is 8.45. The van der Waals surface area contributed by atoms with Gasteiger partial charge in [-0.2, -0.15) is 0 Å². The smallest absolute Gasteiger partial charge is 0.311 e. The number of aliphatic hydroxyl groups excluding tert-OH is 1. The molecule has 2 bridgehead atoms. The second-order valence-corrected chi connectivity index (χ2v) is 11.6. The topological polar surface area (TPSA) is 88.5 Å². The monoisotopic (exact) mass is 505 g/mol. The molecule has 2 aromatic rings. The summed E-state index contributed by atoms with van der Waals surface area (Å²) in [6.07, 6.45) is 2.21. The summed E-state index contributed by atoms with van der Waals surface area (Å²) in [5.74, 6) is 0.628. The molecule has 2 saturated carbocycles. The second-order valence-electron chi connectivity index (χ2n) is 11.6. The molecule has 0 amide bonds. The Hall–Kier alpha value is -2.61. The summed E-state index contributed by atoms with van der Waals surface area (Å²) < 4.78 is 18.2. The molecular weight excluding hydrogens is 470 g/mol. The zero-order valence-electron chi connectivity index (χ0n) is 21.3. The third kappa shape index (κ3) is 3.33. The highest BCUT2D eigenvalue weighted by Crippen LogP contribution is 2.66. The number of hydrogen-bond acceptors (Lipinski definition) is 7. The molecule has 3 fully saturated rings. The average Bonchev–Trinajstić information content (AvgIpc) is 3.64. The minimum atomic E-state index is -1.21. The predicted molar refractivity (Wildman–Crippen MR) is 135 cm³/mol. The maximum absolute atomic E-state index is 13.0. The van der Waals surface area contributed by atoms with Crippen molar-refractivity contribution in [3.63, 3.8) is 0 Å². The first kappa shape index (κ1) is 23.5. The molecule has 6 atom stereocenters. The fraction of sp³-hybridized carbons (Fsp3) is 0.567. The van der Waals surface area contributed by atoms with Crippen LogP contribution in [-0.4, -0.2) is 64.6 Å². The van der Waals surface area contributed by atoms with Gasteiger partial charge >= 0.3 is 5.97 Å². The van der Waals surface area contributed by atoms with E-state index >= 15 is 0 Å². The summed E-state index contributed by atoms with van der Waals surface area (Å²) in [7, 11) is 0. The van der Waals surface area contributed by atoms with Crippen molar-refractivity contribution in [2.75, 3.05) is 19.7 Å². The highest BCUT2D eigenvalue weighted by atomic mass is 16.5. The molecule has 7 rings (SSSR count). The van der Waals surface area contributed by atoms with Gasteiger partial charge in [0.15, 0.2) is 11.5 Å². The Bertz CT molecular complexity index is 1210. The van der Waals surface area contributed by atoms with E-state index in [0.29, 0.717) is 36.9 Å². The Labute approximate surface area is 217 Å². The molecule has 37 heavy (non-hydrogen) atoms. The SMILES string of the molecule is CCOC(=O)[C@H]1C[C@@]2(O)[C@H]3Cc4ccc(OCc5ccccc5)c5c4[C@@]2(CCN3CC2CC2)[C@@H](O5)[C@H]1O. The number of likely N-dealkylation sites (tertiary alicyclic amines) is 1. The van der Waals surface area contributed by atoms with Crippen molar-refractivity contribution < 1.29 is 29.2 Å². The van der Waals surface area contributed by atoms with Gasteiger partial charge in [-0.25, -0.2) is 0 Å². The van der Waals surface area contributed by atoms with Gasteiger partial charge in [0.05, 0.1) is 23.5 Å². The predicted octanol–water partition coefficient (Wildman–Crippen LogP) is 2.98. The standard InChI is InChI=1S/C30H35NO6/c1-2-35-28(33)21-15-30(34)23-14-20-10-11-22(36-17-19-6-4-3-5-7-19)26-24(20)29(30,27(37-26)25(21)32)12-13-31(23)16-18-8-9-18/h3-7,10-11,18,21,23,25,27,32,34H,2,8-9,12-17H2,1H3/t21-,23+,25-,27-,29-,30+/m0/s1. The number of hydrogen-bond donors (Lipinski definition) is 2. The highest BCUT2D eigenvalue weighted by Gasteiger charge is 2.75. The number of benzene rings is 2. The summed E-state index contributed by atoms with van der Waals surface area (Å²) in [6.45, 7) is 4.20. The summed E-state index contributed by atoms with van der Waals surface area (Å²) in [6, 6.07) is 13.9. The Kier molecular flexibility index (Phi) is 5.37. The molecule has 2 aromatic carbocycles. The van der Waals surface area contributed by atoms with Crippen LogP contribution in [0, 0.1) is 11.8 Å². The number of aliphatic hydroxyl groups is 2. The molecule has 2 aliphatic heterocycles. The number of carbonyl (C=O) groups is 1. The number of piperidine rings is 1. The van der Waals surface area contributed by atoms with Crippen molar-refractivity contribution in [3.8, 4) is 11.5 Å². The number of rotatable bonds is 7. The highest BCUT2D eigenvalue weighted by molar-refractivity contribution is 5.75. The lowest BCUT2D eigenvalue weighted by Gasteiger charge is -2.64. The minimum absolute atomic E-state index is 0.132. The molecule has 7 nitrogen and oxygen atoms in total. The zero-order chi connectivity index (χ0) is 25.4. The van der Waals surface area contributed by atoms with E-state index in [1.54, 1.807) is 6.92 Å². The van der Waals surface area contributed by atoms with Crippen LogP contribution in [0.25, 0.3) is 0 Å². The molecule has 0 radical (unpaired) electrons. The van der Waals surface area contributed by atoms with E-state index in [1.165, 1.54) is 12.8 Å². The van der Waals surface area contributed by atoms with Gasteiger partial charge in [0.25, 0.3) is 0 Å². The fourth-order valence-corrected chi connectivity index (χ4v) is 7.80. The van der Waals surface area contributed by atoms with E-state index in [2.05, 4.69) is 11.0 Å². The van der Waals surface area contributed by atoms with Gasteiger partial charge in [0, 0.05) is 18.2 Å². The fourth-order valence-electron chi connectivity index (χ4n) is 7.80. The van der Waals surface area contributed by atoms with Gasteiger partial charge in [0.1, 0.15) is 18.8 Å². The Morgan fingerprint density at radius 3 is 2.76 bits per heavy atom. The largest absolute Gasteiger partial charge is 0.485 e. The van der Waals surface area contributed by atoms with Crippen molar-refractivity contribution in [2.24, 2.45) is 11.8 Å². The Morgan fingerprint density at radius 2 is 2.00 bits per heavy atom. The van der Waals surface area contributed by atoms with Gasteiger partial charge in [-0.05, 0) is 68.7 Å². The van der Waals surface area contributed by atoms with Gasteiger partial charge in [-0.15, -0.1) is 0 Å². The average molecular weight is 506 g/mol. The molecule has 0 unspecified atom stereocenters. The first-order valence-electron chi connectivity index (χ1n) is 13.8. The van der Waals surface area contributed by atoms with E-state index in [0.717, 1.165) is 29.8 Å². The van der Waals surface area contributed by atoms with Crippen LogP contribution in [0.2, 0.25) is 0 Å². The van der Waals surface area contributed by atoms with E-state index in [4.69, 9.17) is 14.2 Å². The van der Waals surface area contributed by atoms with Crippen LogP contribution in [-0.2, 0) is 28.0 Å². The van der Waals surface area contributed by atoms with E-state index in [9.17, 15) is 15.0 Å². The van der Waals surface area contributed by atoms with Gasteiger partial charge in [-0.1, -0.05) is 36.4 Å². The van der Waals surface area contributed by atoms with Crippen LogP contribution >= 0.6 is 0 Å². The summed E-state index contributed by atoms with van der Waals surface area (Å²) in [4.78, 5) is 15.5. The number of nitrogens with zero attached hydrogens (tertiary/aromatic N) is 1. The lowest BCUT2D eigenvalue weighted by molar-refractivity contribution is -0.228. The van der Waals surface area contributed by atoms with Crippen molar-refractivity contribution in [2.45, 2.75) is 74.9 Å². The number of ether oxygens (including phenoxy) is 3. The third-order valence-electron chi connectivity index (χ3n) is 9.63. The van der Waals surface area contributed by atoms with Crippen molar-refractivity contribution >= 4 is 5.97 Å². The quantitative estimate of drug-likeness (QED) is 0.560. The first-order chi connectivity index (χ1) is 18.0. The normalized spacial score (nSPS) is 35.4. The lowest BCUT2D eigenvalue weighted by atomic mass is 9.47. The van der Waals surface area contributed by atoms with Crippen LogP contribution in [0.1, 0.15) is 49.3 Å². The zero-order valence-corrected chi connectivity index (χ0v) is 21.3. The molecule has 5 aliphatic rings. The molecule has 2 N–H and O–H groups in total. The van der Waals surface area contributed by atoms with Gasteiger partial charge in [0.2, 0.25) is 0 Å². The first-order valence-corrected chi connectivity index (χ1v) is 13.8. The van der Waals surface area contributed by atoms with Crippen LogP contribution in [0.4, 0.5) is 0 Å². The van der Waals surface area contributed by atoms with Gasteiger partial charge in [-0.3, -0.25) is 9.69 Å². The summed E-state index contributed by atoms with van der Waals surface area (Å²) >= 11 is 0. The van der Waals surface area contributed by atoms with Crippen LogP contribution < -0.4 is 9.47 Å². The molecule has 2 heterocycles. The van der Waals surface area contributed by atoms with Crippen molar-refractivity contribution in [3.05, 3.63) is 59.2 Å². The van der Waals surface area contributed by atoms with Crippen molar-refractivity contribution in [1.29, 1.82) is 0 Å². The molecule has 196 valence electrons. The Balaban J connectivity index is 1.32. The maximum Gasteiger partial charge on any atom is 0.311 e. The lowest BCUT2D eigenvalue weighted by Crippen LogP contribution is -2.79. The minimum Gasteiger partial charge on any atom is -0.485 e. The van der Waals surface area contributed by atoms with Gasteiger partial charge < -0.3 is 24.4 Å². The van der Waals surface area contributed by atoms with Crippen molar-refractivity contribution in [1.82, 2.24) is 4.90 Å². The Morgan fingerprint density at radius 1 is 1.19 bits per heavy atom. The molecular formula is C30H35NO6. The summed E-state index contributed by atoms with van der Waals surface area (Å²) in [5.41, 5.74) is 1.19. The summed E-state index contributed by atoms with van der Waals surface area (Å²) in [5, 5.41) is 24.3. The van der Waals surface area contributed by atoms with E-state index in [1.807, 2.05) is 36.4 Å². The van der Waals surface area contributed by atoms with Crippen LogP contribution in [0.15, 0.2) is 42.5 Å². The third-order valence-corrected chi connectivity index (χ3v) is 9.63. The molecule has 3 aliphatic carbocycles. The maximum atomic E-state index is 13.0. The number of esters is 1. The molecule has 0 aromatic heterocycles. The van der Waals surface area contributed by atoms with Crippen LogP contribution in [0.3, 0.4) is 0 Å².